The zero-order valence-electron chi connectivity index (χ0n) is 12.9. The minimum absolute atomic E-state index is 0.292. The molecule has 108 valence electrons. The van der Waals surface area contributed by atoms with Crippen molar-refractivity contribution in [2.45, 2.75) is 33.4 Å². The summed E-state index contributed by atoms with van der Waals surface area (Å²) in [6.07, 6.45) is 0. The van der Waals surface area contributed by atoms with Crippen molar-refractivity contribution in [3.8, 4) is 0 Å². The van der Waals surface area contributed by atoms with Crippen LogP contribution in [0.5, 0.6) is 0 Å². The fourth-order valence-corrected chi connectivity index (χ4v) is 3.27. The van der Waals surface area contributed by atoms with E-state index in [4.69, 9.17) is 0 Å². The Morgan fingerprint density at radius 1 is 1.20 bits per heavy atom. The van der Waals surface area contributed by atoms with Crippen LogP contribution in [0.1, 0.15) is 34.1 Å². The summed E-state index contributed by atoms with van der Waals surface area (Å²) < 4.78 is 0. The largest absolute Gasteiger partial charge is 0.378 e. The predicted octanol–water partition coefficient (Wildman–Crippen LogP) is 3.99. The van der Waals surface area contributed by atoms with E-state index in [2.05, 4.69) is 74.3 Å². The van der Waals surface area contributed by atoms with Gasteiger partial charge in [-0.25, -0.2) is 4.98 Å². The molecule has 0 aliphatic carbocycles. The molecule has 0 fully saturated rings. The highest BCUT2D eigenvalue weighted by Gasteiger charge is 2.12. The van der Waals surface area contributed by atoms with Gasteiger partial charge in [-0.2, -0.15) is 0 Å². The number of anilines is 1. The lowest BCUT2D eigenvalue weighted by Gasteiger charge is -2.15. The summed E-state index contributed by atoms with van der Waals surface area (Å²) in [6.45, 7) is 7.30. The van der Waals surface area contributed by atoms with Crippen LogP contribution in [-0.4, -0.2) is 24.0 Å². The van der Waals surface area contributed by atoms with E-state index in [1.807, 2.05) is 0 Å². The first-order chi connectivity index (χ1) is 9.45. The molecule has 0 saturated carbocycles. The molecule has 0 bridgehead atoms. The van der Waals surface area contributed by atoms with E-state index in [0.29, 0.717) is 6.04 Å². The molecule has 20 heavy (non-hydrogen) atoms. The van der Waals surface area contributed by atoms with Crippen molar-refractivity contribution in [2.24, 2.45) is 0 Å². The molecule has 1 N–H and O–H groups in total. The maximum Gasteiger partial charge on any atom is 0.0900 e. The molecule has 2 aromatic rings. The van der Waals surface area contributed by atoms with Crippen LogP contribution in [0.2, 0.25) is 0 Å². The molecule has 1 atom stereocenters. The van der Waals surface area contributed by atoms with Crippen LogP contribution in [0.4, 0.5) is 5.69 Å². The smallest absolute Gasteiger partial charge is 0.0900 e. The molecule has 0 radical (unpaired) electrons. The van der Waals surface area contributed by atoms with Crippen LogP contribution in [0.3, 0.4) is 0 Å². The summed E-state index contributed by atoms with van der Waals surface area (Å²) in [5.74, 6) is 0. The number of benzene rings is 1. The third-order valence-electron chi connectivity index (χ3n) is 3.17. The molecule has 1 heterocycles. The van der Waals surface area contributed by atoms with Gasteiger partial charge in [0.1, 0.15) is 0 Å². The Bertz CT molecular complexity index is 558. The lowest BCUT2D eigenvalue weighted by Crippen LogP contribution is -2.11. The highest BCUT2D eigenvalue weighted by Crippen LogP contribution is 2.27. The maximum atomic E-state index is 4.49. The Morgan fingerprint density at radius 2 is 1.85 bits per heavy atom. The van der Waals surface area contributed by atoms with Gasteiger partial charge in [0.05, 0.1) is 16.7 Å². The quantitative estimate of drug-likeness (QED) is 0.902. The summed E-state index contributed by atoms with van der Waals surface area (Å²) in [5.41, 5.74) is 3.63. The van der Waals surface area contributed by atoms with Crippen LogP contribution < -0.4 is 5.32 Å². The number of thiazole rings is 1. The summed E-state index contributed by atoms with van der Waals surface area (Å²) in [7, 11) is 4.17. The van der Waals surface area contributed by atoms with Crippen molar-refractivity contribution < 1.29 is 0 Å². The topological polar surface area (TPSA) is 28.2 Å². The number of nitrogens with zero attached hydrogens (tertiary/aromatic N) is 2. The lowest BCUT2D eigenvalue weighted by atomic mass is 10.1. The molecule has 0 aliphatic rings. The summed E-state index contributed by atoms with van der Waals surface area (Å²) in [4.78, 5) is 7.99. The first-order valence-corrected chi connectivity index (χ1v) is 7.71. The molecule has 0 amide bonds. The van der Waals surface area contributed by atoms with Gasteiger partial charge in [0.2, 0.25) is 0 Å². The van der Waals surface area contributed by atoms with Gasteiger partial charge in [-0.3, -0.25) is 0 Å². The van der Waals surface area contributed by atoms with Crippen molar-refractivity contribution in [3.05, 3.63) is 45.4 Å². The van der Waals surface area contributed by atoms with Gasteiger partial charge >= 0.3 is 0 Å². The zero-order chi connectivity index (χ0) is 14.7. The first kappa shape index (κ1) is 15.0. The van der Waals surface area contributed by atoms with Gasteiger partial charge in [-0.05, 0) is 52.6 Å². The Hall–Kier alpha value is -1.39. The molecule has 0 saturated heterocycles. The van der Waals surface area contributed by atoms with Gasteiger partial charge < -0.3 is 10.2 Å². The Morgan fingerprint density at radius 3 is 2.35 bits per heavy atom. The fourth-order valence-electron chi connectivity index (χ4n) is 2.34. The highest BCUT2D eigenvalue weighted by molar-refractivity contribution is 7.11. The fraction of sp³-hybridized carbons (Fsp3) is 0.438. The maximum absolute atomic E-state index is 4.49. The number of rotatable bonds is 5. The van der Waals surface area contributed by atoms with Crippen LogP contribution in [-0.2, 0) is 6.54 Å². The average molecular weight is 289 g/mol. The van der Waals surface area contributed by atoms with E-state index >= 15 is 0 Å². The zero-order valence-corrected chi connectivity index (χ0v) is 13.7. The summed E-state index contributed by atoms with van der Waals surface area (Å²) >= 11 is 1.77. The molecule has 1 aromatic heterocycles. The molecule has 3 nitrogen and oxygen atoms in total. The molecule has 0 spiro atoms. The molecule has 2 rings (SSSR count). The second kappa shape index (κ2) is 6.37. The number of aryl methyl sites for hydroxylation is 2. The van der Waals surface area contributed by atoms with E-state index in [0.717, 1.165) is 22.9 Å². The molecular weight excluding hydrogens is 266 g/mol. The second-order valence-electron chi connectivity index (χ2n) is 5.48. The van der Waals surface area contributed by atoms with Gasteiger partial charge in [0, 0.05) is 17.1 Å². The van der Waals surface area contributed by atoms with Crippen LogP contribution in [0.25, 0.3) is 0 Å². The average Bonchev–Trinajstić information content (AvgIpc) is 2.70. The SMILES string of the molecule is Cc1nc(C)c(C(C)Nc2ccc(CN(C)C)cc2)s1. The van der Waals surface area contributed by atoms with E-state index in [9.17, 15) is 0 Å². The van der Waals surface area contributed by atoms with Crippen LogP contribution >= 0.6 is 11.3 Å². The summed E-state index contributed by atoms with van der Waals surface area (Å²) in [5, 5.41) is 4.68. The van der Waals surface area contributed by atoms with Gasteiger partial charge in [-0.1, -0.05) is 12.1 Å². The molecule has 4 heteroatoms. The van der Waals surface area contributed by atoms with Gasteiger partial charge in [0.25, 0.3) is 0 Å². The van der Waals surface area contributed by atoms with Gasteiger partial charge in [0.15, 0.2) is 0 Å². The second-order valence-corrected chi connectivity index (χ2v) is 6.72. The van der Waals surface area contributed by atoms with Crippen LogP contribution in [0, 0.1) is 13.8 Å². The number of hydrogen-bond donors (Lipinski definition) is 1. The Labute approximate surface area is 125 Å². The molecule has 1 unspecified atom stereocenters. The normalized spacial score (nSPS) is 12.7. The predicted molar refractivity (Wildman–Crippen MR) is 87.5 cm³/mol. The van der Waals surface area contributed by atoms with E-state index in [1.54, 1.807) is 11.3 Å². The standard InChI is InChI=1S/C16H23N3S/c1-11-16(20-13(3)17-11)12(2)18-15-8-6-14(7-9-15)10-19(4)5/h6-9,12,18H,10H2,1-5H3. The molecular formula is C16H23N3S. The Balaban J connectivity index is 2.04. The lowest BCUT2D eigenvalue weighted by molar-refractivity contribution is 0.402. The first-order valence-electron chi connectivity index (χ1n) is 6.90. The third kappa shape index (κ3) is 3.81. The third-order valence-corrected chi connectivity index (χ3v) is 4.42. The number of nitrogens with one attached hydrogen (secondary N) is 1. The van der Waals surface area contributed by atoms with Crippen molar-refractivity contribution in [1.82, 2.24) is 9.88 Å². The van der Waals surface area contributed by atoms with E-state index in [-0.39, 0.29) is 0 Å². The van der Waals surface area contributed by atoms with Crippen molar-refractivity contribution >= 4 is 17.0 Å². The highest BCUT2D eigenvalue weighted by atomic mass is 32.1. The molecule has 0 aliphatic heterocycles. The van der Waals surface area contributed by atoms with E-state index in [1.165, 1.54) is 10.4 Å². The minimum Gasteiger partial charge on any atom is -0.378 e. The van der Waals surface area contributed by atoms with Gasteiger partial charge in [-0.15, -0.1) is 11.3 Å². The number of hydrogen-bond acceptors (Lipinski definition) is 4. The number of aromatic nitrogens is 1. The Kier molecular flexibility index (Phi) is 4.78. The summed E-state index contributed by atoms with van der Waals surface area (Å²) in [6, 6.07) is 8.96. The van der Waals surface area contributed by atoms with E-state index < -0.39 is 0 Å². The van der Waals surface area contributed by atoms with Crippen LogP contribution in [0.15, 0.2) is 24.3 Å². The van der Waals surface area contributed by atoms with Crippen molar-refractivity contribution in [3.63, 3.8) is 0 Å². The molecule has 1 aromatic carbocycles. The van der Waals surface area contributed by atoms with Crippen molar-refractivity contribution in [1.29, 1.82) is 0 Å². The minimum atomic E-state index is 0.292. The van der Waals surface area contributed by atoms with Crippen molar-refractivity contribution in [2.75, 3.05) is 19.4 Å². The monoisotopic (exact) mass is 289 g/mol.